The first kappa shape index (κ1) is 13.5. The van der Waals surface area contributed by atoms with Crippen molar-refractivity contribution in [1.82, 2.24) is 10.2 Å². The molecule has 0 saturated carbocycles. The molecule has 0 spiro atoms. The van der Waals surface area contributed by atoms with Crippen molar-refractivity contribution in [3.63, 3.8) is 0 Å². The minimum absolute atomic E-state index is 0.0107. The Morgan fingerprint density at radius 3 is 3.00 bits per heavy atom. The normalized spacial score (nSPS) is 20.7. The van der Waals surface area contributed by atoms with Crippen molar-refractivity contribution in [2.45, 2.75) is 32.5 Å². The molecule has 5 heteroatoms. The SMILES string of the molecule is CCOC(C)(C)CN1C(=O)CNC1c1ccsc1. The summed E-state index contributed by atoms with van der Waals surface area (Å²) in [5.74, 6) is 0.138. The van der Waals surface area contributed by atoms with Gasteiger partial charge in [0, 0.05) is 6.61 Å². The average molecular weight is 268 g/mol. The lowest BCUT2D eigenvalue weighted by atomic mass is 10.1. The smallest absolute Gasteiger partial charge is 0.238 e. The molecule has 1 saturated heterocycles. The van der Waals surface area contributed by atoms with Crippen molar-refractivity contribution in [3.8, 4) is 0 Å². The van der Waals surface area contributed by atoms with Gasteiger partial charge < -0.3 is 9.64 Å². The molecule has 4 nitrogen and oxygen atoms in total. The van der Waals surface area contributed by atoms with Crippen molar-refractivity contribution in [3.05, 3.63) is 22.4 Å². The van der Waals surface area contributed by atoms with Gasteiger partial charge in [0.2, 0.25) is 5.91 Å². The van der Waals surface area contributed by atoms with Crippen molar-refractivity contribution in [2.24, 2.45) is 0 Å². The van der Waals surface area contributed by atoms with Gasteiger partial charge >= 0.3 is 0 Å². The van der Waals surface area contributed by atoms with Gasteiger partial charge in [-0.1, -0.05) is 0 Å². The average Bonchev–Trinajstić information content (AvgIpc) is 2.89. The molecule has 0 aliphatic carbocycles. The lowest BCUT2D eigenvalue weighted by Crippen LogP contribution is -2.43. The third-order valence-corrected chi connectivity index (χ3v) is 3.73. The zero-order valence-electron chi connectivity index (χ0n) is 11.1. The highest BCUT2D eigenvalue weighted by atomic mass is 32.1. The van der Waals surface area contributed by atoms with Crippen LogP contribution in [-0.2, 0) is 9.53 Å². The molecule has 0 bridgehead atoms. The minimum atomic E-state index is -0.315. The van der Waals surface area contributed by atoms with E-state index in [9.17, 15) is 4.79 Å². The maximum Gasteiger partial charge on any atom is 0.238 e. The molecule has 1 aliphatic heterocycles. The molecule has 1 unspecified atom stereocenters. The van der Waals surface area contributed by atoms with Crippen LogP contribution in [0.25, 0.3) is 0 Å². The second-order valence-electron chi connectivity index (χ2n) is 5.05. The first-order valence-electron chi connectivity index (χ1n) is 6.22. The number of carbonyl (C=O) groups is 1. The molecule has 1 aliphatic rings. The largest absolute Gasteiger partial charge is 0.374 e. The van der Waals surface area contributed by atoms with Crippen LogP contribution < -0.4 is 5.32 Å². The van der Waals surface area contributed by atoms with Crippen molar-refractivity contribution in [1.29, 1.82) is 0 Å². The number of hydrogen-bond donors (Lipinski definition) is 1. The van der Waals surface area contributed by atoms with Gasteiger partial charge in [-0.2, -0.15) is 11.3 Å². The second-order valence-corrected chi connectivity index (χ2v) is 5.83. The highest BCUT2D eigenvalue weighted by Gasteiger charge is 2.35. The molecule has 1 N–H and O–H groups in total. The van der Waals surface area contributed by atoms with Crippen LogP contribution in [0.15, 0.2) is 16.8 Å². The summed E-state index contributed by atoms with van der Waals surface area (Å²) in [6, 6.07) is 2.06. The third-order valence-electron chi connectivity index (χ3n) is 3.02. The first-order valence-corrected chi connectivity index (χ1v) is 7.16. The maximum absolute atomic E-state index is 12.0. The van der Waals surface area contributed by atoms with Crippen LogP contribution in [0.5, 0.6) is 0 Å². The fourth-order valence-corrected chi connectivity index (χ4v) is 2.97. The van der Waals surface area contributed by atoms with Gasteiger partial charge in [-0.05, 0) is 43.2 Å². The summed E-state index contributed by atoms with van der Waals surface area (Å²) in [5.41, 5.74) is 0.836. The van der Waals surface area contributed by atoms with E-state index in [0.717, 1.165) is 5.56 Å². The quantitative estimate of drug-likeness (QED) is 0.888. The summed E-state index contributed by atoms with van der Waals surface area (Å²) in [4.78, 5) is 13.8. The highest BCUT2D eigenvalue weighted by molar-refractivity contribution is 7.07. The minimum Gasteiger partial charge on any atom is -0.374 e. The molecule has 1 atom stereocenters. The molecule has 2 rings (SSSR count). The number of nitrogens with one attached hydrogen (secondary N) is 1. The van der Waals surface area contributed by atoms with Gasteiger partial charge in [0.05, 0.1) is 18.7 Å². The molecule has 0 aromatic carbocycles. The molecule has 2 heterocycles. The number of hydrogen-bond acceptors (Lipinski definition) is 4. The van der Waals surface area contributed by atoms with Gasteiger partial charge in [0.15, 0.2) is 0 Å². The molecule has 1 amide bonds. The predicted molar refractivity (Wildman–Crippen MR) is 72.5 cm³/mol. The Hall–Kier alpha value is -0.910. The van der Waals surface area contributed by atoms with Crippen LogP contribution in [-0.4, -0.2) is 36.1 Å². The number of thiophene rings is 1. The zero-order valence-corrected chi connectivity index (χ0v) is 11.9. The third kappa shape index (κ3) is 2.91. The van der Waals surface area contributed by atoms with Gasteiger partial charge in [0.25, 0.3) is 0 Å². The summed E-state index contributed by atoms with van der Waals surface area (Å²) in [5, 5.41) is 7.36. The van der Waals surface area contributed by atoms with E-state index in [-0.39, 0.29) is 17.7 Å². The van der Waals surface area contributed by atoms with Crippen LogP contribution in [0.3, 0.4) is 0 Å². The fourth-order valence-electron chi connectivity index (χ4n) is 2.29. The summed E-state index contributed by atoms with van der Waals surface area (Å²) in [6.07, 6.45) is -0.0107. The fraction of sp³-hybridized carbons (Fsp3) is 0.615. The number of amides is 1. The Bertz CT molecular complexity index is 403. The molecule has 0 radical (unpaired) electrons. The van der Waals surface area contributed by atoms with Crippen LogP contribution in [0, 0.1) is 0 Å². The van der Waals surface area contributed by atoms with Crippen molar-refractivity contribution < 1.29 is 9.53 Å². The molecular weight excluding hydrogens is 248 g/mol. The number of nitrogens with zero attached hydrogens (tertiary/aromatic N) is 1. The lowest BCUT2D eigenvalue weighted by molar-refractivity contribution is -0.132. The monoisotopic (exact) mass is 268 g/mol. The Morgan fingerprint density at radius 2 is 2.39 bits per heavy atom. The van der Waals surface area contributed by atoms with Crippen molar-refractivity contribution in [2.75, 3.05) is 19.7 Å². The molecule has 1 fully saturated rings. The lowest BCUT2D eigenvalue weighted by Gasteiger charge is -2.33. The zero-order chi connectivity index (χ0) is 13.2. The number of carbonyl (C=O) groups excluding carboxylic acids is 1. The van der Waals surface area contributed by atoms with Gasteiger partial charge in [-0.3, -0.25) is 10.1 Å². The van der Waals surface area contributed by atoms with E-state index in [1.807, 2.05) is 31.1 Å². The Kier molecular flexibility index (Phi) is 4.04. The van der Waals surface area contributed by atoms with Gasteiger partial charge in [-0.25, -0.2) is 0 Å². The van der Waals surface area contributed by atoms with Crippen molar-refractivity contribution >= 4 is 17.2 Å². The molecule has 18 heavy (non-hydrogen) atoms. The maximum atomic E-state index is 12.0. The van der Waals surface area contributed by atoms with Gasteiger partial charge in [0.1, 0.15) is 6.17 Å². The summed E-state index contributed by atoms with van der Waals surface area (Å²) in [6.45, 7) is 7.68. The van der Waals surface area contributed by atoms with Gasteiger partial charge in [-0.15, -0.1) is 0 Å². The number of ether oxygens (including phenoxy) is 1. The van der Waals surface area contributed by atoms with E-state index in [1.54, 1.807) is 11.3 Å². The topological polar surface area (TPSA) is 41.6 Å². The van der Waals surface area contributed by atoms with E-state index >= 15 is 0 Å². The molecule has 1 aromatic rings. The van der Waals surface area contributed by atoms with E-state index in [4.69, 9.17) is 4.74 Å². The van der Waals surface area contributed by atoms with E-state index in [2.05, 4.69) is 16.8 Å². The summed E-state index contributed by atoms with van der Waals surface area (Å²) < 4.78 is 5.69. The highest BCUT2D eigenvalue weighted by Crippen LogP contribution is 2.26. The summed E-state index contributed by atoms with van der Waals surface area (Å²) in [7, 11) is 0. The Balaban J connectivity index is 2.11. The standard InChI is InChI=1S/C13H20N2O2S/c1-4-17-13(2,3)9-15-11(16)7-14-12(15)10-5-6-18-8-10/h5-6,8,12,14H,4,7,9H2,1-3H3. The Morgan fingerprint density at radius 1 is 1.61 bits per heavy atom. The van der Waals surface area contributed by atoms with E-state index in [0.29, 0.717) is 19.7 Å². The molecule has 1 aromatic heterocycles. The van der Waals surface area contributed by atoms with Crippen LogP contribution >= 0.6 is 11.3 Å². The number of rotatable bonds is 5. The van der Waals surface area contributed by atoms with Crippen LogP contribution in [0.1, 0.15) is 32.5 Å². The predicted octanol–water partition coefficient (Wildman–Crippen LogP) is 1.99. The van der Waals surface area contributed by atoms with Crippen LogP contribution in [0.2, 0.25) is 0 Å². The second kappa shape index (κ2) is 5.38. The first-order chi connectivity index (χ1) is 8.53. The molecular formula is C13H20N2O2S. The Labute approximate surface area is 112 Å². The summed E-state index contributed by atoms with van der Waals surface area (Å²) >= 11 is 1.65. The molecule has 100 valence electrons. The van der Waals surface area contributed by atoms with E-state index < -0.39 is 0 Å². The van der Waals surface area contributed by atoms with Crippen LogP contribution in [0.4, 0.5) is 0 Å². The van der Waals surface area contributed by atoms with E-state index in [1.165, 1.54) is 0 Å².